The zero-order valence-electron chi connectivity index (χ0n) is 28.9. The molecule has 0 aliphatic carbocycles. The topological polar surface area (TPSA) is 182 Å². The van der Waals surface area contributed by atoms with E-state index in [9.17, 15) is 24.3 Å². The number of amides is 2. The molecule has 7 rings (SSSR count). The molecule has 0 unspecified atom stereocenters. The van der Waals surface area contributed by atoms with E-state index in [1.54, 1.807) is 84.9 Å². The maximum atomic E-state index is 12.1. The summed E-state index contributed by atoms with van der Waals surface area (Å²) in [5.41, 5.74) is 3.86. The molecule has 11 nitrogen and oxygen atoms in total. The zero-order chi connectivity index (χ0) is 38.6. The van der Waals surface area contributed by atoms with Gasteiger partial charge in [0.25, 0.3) is 18.3 Å². The van der Waals surface area contributed by atoms with E-state index in [0.717, 1.165) is 29.6 Å². The van der Waals surface area contributed by atoms with Gasteiger partial charge < -0.3 is 30.3 Å². The van der Waals surface area contributed by atoms with Crippen molar-refractivity contribution in [1.82, 2.24) is 0 Å². The van der Waals surface area contributed by atoms with Crippen LogP contribution in [0, 0.1) is 12.1 Å². The molecular formula is C42H35NO10Y-2. The number of benzene rings is 6. The summed E-state index contributed by atoms with van der Waals surface area (Å²) in [6.07, 6.45) is 0.806. The minimum Gasteiger partial charge on any atom is -0.508 e. The number of nitrogens with zero attached hydrogens (tertiary/aromatic N) is 1. The molecule has 12 heteroatoms. The SMILES string of the molecule is CO.O=C(O)c1cc[c-]cc1.O=C1c2ccccc2C(=O)N1c1ccc(O)cc1.O=COc1cc[c-]cc1.Oc1ccc(Cc2ccc(O)cc2)cc1.[Y]. The average molecular weight is 803 g/mol. The number of ether oxygens (including phenoxy) is 1. The van der Waals surface area contributed by atoms with Crippen molar-refractivity contribution in [1.29, 1.82) is 0 Å². The third-order valence-electron chi connectivity index (χ3n) is 7.02. The number of phenolic OH excluding ortho intramolecular Hbond substituents is 3. The van der Waals surface area contributed by atoms with Gasteiger partial charge in [-0.1, -0.05) is 36.4 Å². The molecule has 2 amide bonds. The Kier molecular flexibility index (Phi) is 19.1. The van der Waals surface area contributed by atoms with Gasteiger partial charge in [-0.25, -0.2) is 9.69 Å². The van der Waals surface area contributed by atoms with E-state index < -0.39 is 5.97 Å². The van der Waals surface area contributed by atoms with Crippen molar-refractivity contribution in [3.63, 3.8) is 0 Å². The van der Waals surface area contributed by atoms with Gasteiger partial charge in [-0.05, 0) is 83.8 Å². The van der Waals surface area contributed by atoms with Gasteiger partial charge in [0, 0.05) is 45.6 Å². The van der Waals surface area contributed by atoms with Crippen LogP contribution in [-0.2, 0) is 43.9 Å². The van der Waals surface area contributed by atoms with Gasteiger partial charge in [0.2, 0.25) is 0 Å². The zero-order valence-corrected chi connectivity index (χ0v) is 31.8. The normalized spacial score (nSPS) is 10.4. The molecule has 273 valence electrons. The molecule has 0 spiro atoms. The number of imide groups is 1. The first-order chi connectivity index (χ1) is 25.7. The molecule has 6 aromatic rings. The number of carboxylic acids is 1. The fraction of sp³-hybridized carbons (Fsp3) is 0.0476. The Morgan fingerprint density at radius 1 is 0.630 bits per heavy atom. The van der Waals surface area contributed by atoms with Crippen LogP contribution in [0.2, 0.25) is 0 Å². The number of aliphatic hydroxyl groups excluding tert-OH is 1. The summed E-state index contributed by atoms with van der Waals surface area (Å²) in [5.74, 6) is -0.361. The van der Waals surface area contributed by atoms with Crippen molar-refractivity contribution in [2.24, 2.45) is 0 Å². The monoisotopic (exact) mass is 802 g/mol. The molecule has 54 heavy (non-hydrogen) atoms. The van der Waals surface area contributed by atoms with Crippen molar-refractivity contribution in [2.45, 2.75) is 6.42 Å². The maximum absolute atomic E-state index is 12.1. The Balaban J connectivity index is 0.000000254. The summed E-state index contributed by atoms with van der Waals surface area (Å²) in [6, 6.07) is 45.3. The molecule has 0 saturated carbocycles. The van der Waals surface area contributed by atoms with Crippen LogP contribution in [0.4, 0.5) is 5.69 Å². The molecule has 0 aromatic heterocycles. The first-order valence-corrected chi connectivity index (χ1v) is 15.7. The second kappa shape index (κ2) is 23.4. The number of aromatic carboxylic acids is 1. The fourth-order valence-electron chi connectivity index (χ4n) is 4.52. The number of phenols is 3. The van der Waals surface area contributed by atoms with Crippen LogP contribution in [0.25, 0.3) is 0 Å². The summed E-state index contributed by atoms with van der Waals surface area (Å²) in [5, 5.41) is 42.8. The van der Waals surface area contributed by atoms with E-state index >= 15 is 0 Å². The van der Waals surface area contributed by atoms with Gasteiger partial charge in [0.1, 0.15) is 17.2 Å². The van der Waals surface area contributed by atoms with Gasteiger partial charge in [-0.3, -0.25) is 14.4 Å². The molecule has 0 fully saturated rings. The van der Waals surface area contributed by atoms with Crippen LogP contribution in [0.3, 0.4) is 0 Å². The van der Waals surface area contributed by atoms with Crippen LogP contribution >= 0.6 is 0 Å². The number of rotatable bonds is 6. The third-order valence-corrected chi connectivity index (χ3v) is 7.02. The van der Waals surface area contributed by atoms with E-state index in [-0.39, 0.29) is 61.8 Å². The Morgan fingerprint density at radius 2 is 1.02 bits per heavy atom. The van der Waals surface area contributed by atoms with Gasteiger partial charge in [0.15, 0.2) is 0 Å². The molecular weight excluding hydrogens is 767 g/mol. The summed E-state index contributed by atoms with van der Waals surface area (Å²) < 4.78 is 4.51. The number of anilines is 1. The number of aliphatic hydroxyl groups is 1. The largest absolute Gasteiger partial charge is 0.508 e. The molecule has 1 radical (unpaired) electrons. The molecule has 0 atom stereocenters. The van der Waals surface area contributed by atoms with Crippen LogP contribution in [0.15, 0.2) is 146 Å². The molecule has 6 aromatic carbocycles. The second-order valence-electron chi connectivity index (χ2n) is 10.6. The minimum atomic E-state index is -0.899. The van der Waals surface area contributed by atoms with Gasteiger partial charge >= 0.3 is 5.97 Å². The van der Waals surface area contributed by atoms with E-state index in [2.05, 4.69) is 16.9 Å². The van der Waals surface area contributed by atoms with Crippen LogP contribution in [0.1, 0.15) is 42.2 Å². The first-order valence-electron chi connectivity index (χ1n) is 15.7. The number of carboxylic acid groups (broad SMARTS) is 1. The van der Waals surface area contributed by atoms with Gasteiger partial charge in [-0.2, -0.15) is 48.5 Å². The summed E-state index contributed by atoms with van der Waals surface area (Å²) in [4.78, 5) is 45.3. The molecule has 1 heterocycles. The van der Waals surface area contributed by atoms with Crippen molar-refractivity contribution in [2.75, 3.05) is 12.0 Å². The van der Waals surface area contributed by atoms with E-state index in [0.29, 0.717) is 34.6 Å². The first kappa shape index (κ1) is 44.0. The molecule has 5 N–H and O–H groups in total. The van der Waals surface area contributed by atoms with Crippen molar-refractivity contribution in [3.05, 3.63) is 186 Å². The number of carbonyl (C=O) groups excluding carboxylic acids is 3. The molecule has 1 aliphatic heterocycles. The van der Waals surface area contributed by atoms with Crippen LogP contribution in [0.5, 0.6) is 23.0 Å². The number of hydrogen-bond donors (Lipinski definition) is 5. The van der Waals surface area contributed by atoms with Crippen molar-refractivity contribution >= 4 is 29.9 Å². The standard InChI is InChI=1S/C14H9NO3.C13H12O2.2C7H5O2.CH4O.Y/c16-10-7-5-9(6-8-10)15-13(17)11-3-1-2-4-12(11)14(15)18;14-12-5-1-10(2-6-12)9-11-3-7-13(15)8-4-11;8-6-9-7-4-2-1-3-5-7;8-7(9)6-4-2-1-3-5-6;1-2;/h1-8,16H;1-8,14-15H,9H2;2-6H;2-5H,(H,8,9);2H,1H3;/q;;2*-1;;. The predicted molar refractivity (Wildman–Crippen MR) is 197 cm³/mol. The van der Waals surface area contributed by atoms with E-state index in [1.807, 2.05) is 24.3 Å². The number of carbonyl (C=O) groups is 4. The van der Waals surface area contributed by atoms with Crippen molar-refractivity contribution < 1.29 is 82.2 Å². The number of hydrogen-bond acceptors (Lipinski definition) is 9. The van der Waals surface area contributed by atoms with Gasteiger partial charge in [-0.15, -0.1) is 12.1 Å². The fourth-order valence-corrected chi connectivity index (χ4v) is 4.52. The Hall–Kier alpha value is -6.14. The smallest absolute Gasteiger partial charge is 0.311 e. The molecule has 0 bridgehead atoms. The van der Waals surface area contributed by atoms with Crippen molar-refractivity contribution in [3.8, 4) is 23.0 Å². The van der Waals surface area contributed by atoms with E-state index in [4.69, 9.17) is 20.4 Å². The maximum Gasteiger partial charge on any atom is 0.311 e. The molecule has 1 aliphatic rings. The summed E-state index contributed by atoms with van der Waals surface area (Å²) >= 11 is 0. The van der Waals surface area contributed by atoms with Crippen LogP contribution in [-0.4, -0.2) is 56.9 Å². The average Bonchev–Trinajstić information content (AvgIpc) is 3.45. The Morgan fingerprint density at radius 3 is 1.39 bits per heavy atom. The quantitative estimate of drug-likeness (QED) is 0.0691. The summed E-state index contributed by atoms with van der Waals surface area (Å²) in [6.45, 7) is 0.398. The number of fused-ring (bicyclic) bond motifs is 1. The second-order valence-corrected chi connectivity index (χ2v) is 10.6. The minimum absolute atomic E-state index is 0. The third kappa shape index (κ3) is 13.8. The summed E-state index contributed by atoms with van der Waals surface area (Å²) in [7, 11) is 1.00. The van der Waals surface area contributed by atoms with E-state index in [1.165, 1.54) is 36.4 Å². The predicted octanol–water partition coefficient (Wildman–Crippen LogP) is 6.69. The Bertz CT molecular complexity index is 1960. The molecule has 0 saturated heterocycles. The van der Waals surface area contributed by atoms with Gasteiger partial charge in [0.05, 0.1) is 16.8 Å². The van der Waals surface area contributed by atoms with Crippen LogP contribution < -0.4 is 9.64 Å². The number of aromatic hydroxyl groups is 3. The Labute approximate surface area is 337 Å².